The van der Waals surface area contributed by atoms with Crippen LogP contribution in [0, 0.1) is 5.92 Å². The predicted molar refractivity (Wildman–Crippen MR) is 159 cm³/mol. The minimum absolute atomic E-state index is 0.183. The van der Waals surface area contributed by atoms with E-state index in [4.69, 9.17) is 9.47 Å². The van der Waals surface area contributed by atoms with Gasteiger partial charge < -0.3 is 20.1 Å². The first-order chi connectivity index (χ1) is 20.1. The molecule has 0 radical (unpaired) electrons. The van der Waals surface area contributed by atoms with Crippen LogP contribution < -0.4 is 15.4 Å². The number of hydrogen-bond acceptors (Lipinski definition) is 9. The smallest absolute Gasteiger partial charge is 0.320 e. The Morgan fingerprint density at radius 3 is 2.59 bits per heavy atom. The highest BCUT2D eigenvalue weighted by atomic mass is 16.5. The van der Waals surface area contributed by atoms with Gasteiger partial charge in [-0.2, -0.15) is 0 Å². The summed E-state index contributed by atoms with van der Waals surface area (Å²) in [5, 5.41) is 7.22. The minimum atomic E-state index is -0.225. The summed E-state index contributed by atoms with van der Waals surface area (Å²) < 4.78 is 11.2. The highest BCUT2D eigenvalue weighted by Gasteiger charge is 2.23. The Labute approximate surface area is 240 Å². The summed E-state index contributed by atoms with van der Waals surface area (Å²) in [4.78, 5) is 37.9. The van der Waals surface area contributed by atoms with E-state index in [0.717, 1.165) is 42.6 Å². The molecule has 2 fully saturated rings. The molecule has 1 saturated carbocycles. The summed E-state index contributed by atoms with van der Waals surface area (Å²) in [5.74, 6) is 1.47. The van der Waals surface area contributed by atoms with Crippen LogP contribution in [-0.4, -0.2) is 84.1 Å². The summed E-state index contributed by atoms with van der Waals surface area (Å²) in [6.45, 7) is 7.68. The van der Waals surface area contributed by atoms with Crippen LogP contribution in [0.5, 0.6) is 5.75 Å². The fourth-order valence-corrected chi connectivity index (χ4v) is 4.72. The average molecular weight is 559 g/mol. The molecule has 1 aromatic heterocycles. The molecule has 0 unspecified atom stereocenters. The molecule has 2 aliphatic rings. The molecule has 10 nitrogen and oxygen atoms in total. The van der Waals surface area contributed by atoms with Gasteiger partial charge in [-0.1, -0.05) is 36.4 Å². The van der Waals surface area contributed by atoms with E-state index in [0.29, 0.717) is 56.0 Å². The van der Waals surface area contributed by atoms with Gasteiger partial charge in [-0.3, -0.25) is 19.4 Å². The van der Waals surface area contributed by atoms with Gasteiger partial charge in [0, 0.05) is 56.8 Å². The van der Waals surface area contributed by atoms with Gasteiger partial charge in [-0.25, -0.2) is 9.97 Å². The van der Waals surface area contributed by atoms with Crippen LogP contribution in [0.2, 0.25) is 0 Å². The van der Waals surface area contributed by atoms with Gasteiger partial charge in [0.1, 0.15) is 17.9 Å². The number of aromatic nitrogens is 2. The topological polar surface area (TPSA) is 109 Å². The van der Waals surface area contributed by atoms with E-state index in [1.165, 1.54) is 19.2 Å². The molecule has 0 bridgehead atoms. The summed E-state index contributed by atoms with van der Waals surface area (Å²) in [5.41, 5.74) is 2.48. The number of benzene rings is 2. The number of esters is 1. The summed E-state index contributed by atoms with van der Waals surface area (Å²) >= 11 is 0. The lowest BCUT2D eigenvalue weighted by molar-refractivity contribution is -0.144. The lowest BCUT2D eigenvalue weighted by atomic mass is 10.1. The van der Waals surface area contributed by atoms with Crippen LogP contribution in [0.25, 0.3) is 10.9 Å². The molecule has 1 aliphatic carbocycles. The van der Waals surface area contributed by atoms with Gasteiger partial charge in [-0.05, 0) is 37.3 Å². The number of nitrogens with one attached hydrogen (secondary N) is 2. The van der Waals surface area contributed by atoms with Crippen LogP contribution in [-0.2, 0) is 20.9 Å². The zero-order valence-electron chi connectivity index (χ0n) is 23.6. The van der Waals surface area contributed by atoms with Gasteiger partial charge in [-0.15, -0.1) is 0 Å². The van der Waals surface area contributed by atoms with Crippen molar-refractivity contribution >= 4 is 34.3 Å². The number of amides is 1. The van der Waals surface area contributed by atoms with Crippen molar-refractivity contribution < 1.29 is 19.1 Å². The summed E-state index contributed by atoms with van der Waals surface area (Å²) in [6, 6.07) is 13.9. The fourth-order valence-electron chi connectivity index (χ4n) is 4.72. The van der Waals surface area contributed by atoms with E-state index >= 15 is 0 Å². The molecule has 1 amide bonds. The maximum atomic E-state index is 12.9. The van der Waals surface area contributed by atoms with Crippen LogP contribution in [0.1, 0.15) is 25.3 Å². The highest BCUT2D eigenvalue weighted by Crippen LogP contribution is 2.35. The monoisotopic (exact) mass is 558 g/mol. The quantitative estimate of drug-likeness (QED) is 0.240. The maximum Gasteiger partial charge on any atom is 0.320 e. The Balaban J connectivity index is 1.22. The molecule has 2 heterocycles. The van der Waals surface area contributed by atoms with E-state index < -0.39 is 0 Å². The number of rotatable bonds is 13. The number of ether oxygens (including phenoxy) is 2. The van der Waals surface area contributed by atoms with Gasteiger partial charge >= 0.3 is 5.97 Å². The second-order valence-corrected chi connectivity index (χ2v) is 10.5. The van der Waals surface area contributed by atoms with Crippen molar-refractivity contribution in [3.05, 3.63) is 66.5 Å². The number of nitrogens with zero attached hydrogens (tertiary/aromatic N) is 4. The van der Waals surface area contributed by atoms with Crippen molar-refractivity contribution in [2.45, 2.75) is 26.3 Å². The average Bonchev–Trinajstić information content (AvgIpc) is 3.81. The Morgan fingerprint density at radius 1 is 1.05 bits per heavy atom. The number of carbonyl (C=O) groups is 2. The molecule has 2 aromatic carbocycles. The zero-order chi connectivity index (χ0) is 28.4. The standard InChI is InChI=1S/C31H38N6O4/c1-2-40-30(39)20-37-15-13-36(14-16-37)12-6-9-29(38)35-27-17-25-26(18-28(27)41-21-24-10-11-24)33-22-34-31(25)32-19-23-7-4-3-5-8-23/h3-9,17-18,22,24H,2,10-16,19-21H2,1H3,(H,35,38)(H,32,33,34)/b9-6+. The minimum Gasteiger partial charge on any atom is -0.491 e. The molecular formula is C31H38N6O4. The SMILES string of the molecule is CCOC(=O)CN1CCN(C/C=C/C(=O)Nc2cc3c(NCc4ccccc4)ncnc3cc2OCC2CC2)CC1. The Morgan fingerprint density at radius 2 is 1.83 bits per heavy atom. The van der Waals surface area contributed by atoms with Gasteiger partial charge in [0.05, 0.1) is 31.0 Å². The first-order valence-corrected chi connectivity index (χ1v) is 14.3. The Bertz CT molecular complexity index is 1350. The predicted octanol–water partition coefficient (Wildman–Crippen LogP) is 3.71. The number of piperazine rings is 1. The normalized spacial score (nSPS) is 16.1. The number of fused-ring (bicyclic) bond motifs is 1. The Hall–Kier alpha value is -4.02. The van der Waals surface area contributed by atoms with Crippen molar-refractivity contribution in [2.24, 2.45) is 5.92 Å². The van der Waals surface area contributed by atoms with E-state index in [1.54, 1.807) is 6.08 Å². The van der Waals surface area contributed by atoms with Gasteiger partial charge in [0.25, 0.3) is 0 Å². The van der Waals surface area contributed by atoms with Gasteiger partial charge in [0.2, 0.25) is 5.91 Å². The summed E-state index contributed by atoms with van der Waals surface area (Å²) in [7, 11) is 0. The van der Waals surface area contributed by atoms with Crippen LogP contribution in [0.3, 0.4) is 0 Å². The molecule has 1 aliphatic heterocycles. The van der Waals surface area contributed by atoms with Crippen molar-refractivity contribution in [1.29, 1.82) is 0 Å². The molecule has 3 aromatic rings. The second kappa shape index (κ2) is 14.0. The molecule has 10 heteroatoms. The summed E-state index contributed by atoms with van der Waals surface area (Å²) in [6.07, 6.45) is 7.32. The Kier molecular flexibility index (Phi) is 9.77. The highest BCUT2D eigenvalue weighted by molar-refractivity contribution is 6.03. The third kappa shape index (κ3) is 8.48. The van der Waals surface area contributed by atoms with Crippen molar-refractivity contribution in [3.8, 4) is 5.75 Å². The van der Waals surface area contributed by atoms with Crippen molar-refractivity contribution in [2.75, 3.05) is 63.1 Å². The van der Waals surface area contributed by atoms with E-state index in [-0.39, 0.29) is 11.9 Å². The van der Waals surface area contributed by atoms with Crippen molar-refractivity contribution in [3.63, 3.8) is 0 Å². The van der Waals surface area contributed by atoms with Gasteiger partial charge in [0.15, 0.2) is 0 Å². The number of anilines is 2. The van der Waals surface area contributed by atoms with E-state index in [2.05, 4.69) is 42.5 Å². The molecular weight excluding hydrogens is 520 g/mol. The molecule has 1 saturated heterocycles. The number of hydrogen-bond donors (Lipinski definition) is 2. The first kappa shape index (κ1) is 28.5. The molecule has 5 rings (SSSR count). The lowest BCUT2D eigenvalue weighted by Crippen LogP contribution is -2.48. The van der Waals surface area contributed by atoms with E-state index in [9.17, 15) is 9.59 Å². The maximum absolute atomic E-state index is 12.9. The molecule has 0 spiro atoms. The molecule has 0 atom stereocenters. The van der Waals surface area contributed by atoms with Crippen LogP contribution >= 0.6 is 0 Å². The third-order valence-electron chi connectivity index (χ3n) is 7.22. The third-order valence-corrected chi connectivity index (χ3v) is 7.22. The van der Waals surface area contributed by atoms with Crippen LogP contribution in [0.4, 0.5) is 11.5 Å². The van der Waals surface area contributed by atoms with Crippen molar-refractivity contribution in [1.82, 2.24) is 19.8 Å². The second-order valence-electron chi connectivity index (χ2n) is 10.5. The van der Waals surface area contributed by atoms with Crippen LogP contribution in [0.15, 0.2) is 60.9 Å². The molecule has 41 heavy (non-hydrogen) atoms. The lowest BCUT2D eigenvalue weighted by Gasteiger charge is -2.33. The largest absolute Gasteiger partial charge is 0.491 e. The van der Waals surface area contributed by atoms with E-state index in [1.807, 2.05) is 43.3 Å². The molecule has 2 N–H and O–H groups in total. The fraction of sp³-hybridized carbons (Fsp3) is 0.419. The first-order valence-electron chi connectivity index (χ1n) is 14.3. The number of carbonyl (C=O) groups excluding carboxylic acids is 2. The zero-order valence-corrected chi connectivity index (χ0v) is 23.6. The molecule has 216 valence electrons.